The lowest BCUT2D eigenvalue weighted by Crippen LogP contribution is -2.55. The van der Waals surface area contributed by atoms with Crippen molar-refractivity contribution < 1.29 is 47.1 Å². The Balaban J connectivity index is 1.42. The maximum absolute atomic E-state index is 14.5. The normalized spacial score (nSPS) is 24.9. The number of hydrogen-bond donors (Lipinski definition) is 1. The summed E-state index contributed by atoms with van der Waals surface area (Å²) in [6.45, 7) is 4.36. The number of aromatic nitrogens is 4. The van der Waals surface area contributed by atoms with Crippen molar-refractivity contribution in [3.63, 3.8) is 0 Å². The molecule has 2 aliphatic heterocycles. The van der Waals surface area contributed by atoms with Gasteiger partial charge >= 0.3 is 17.9 Å². The monoisotopic (exact) mass is 691 g/mol. The highest BCUT2D eigenvalue weighted by atomic mass is 32.2. The van der Waals surface area contributed by atoms with E-state index < -0.39 is 76.4 Å². The van der Waals surface area contributed by atoms with Crippen LogP contribution in [-0.2, 0) is 48.9 Å². The minimum atomic E-state index is -2.13. The number of carbonyl (C=O) groups excluding carboxylic acids is 4. The second-order valence-corrected chi connectivity index (χ2v) is 12.7. The lowest BCUT2D eigenvalue weighted by molar-refractivity contribution is -0.187. The number of benzene rings is 2. The van der Waals surface area contributed by atoms with Crippen LogP contribution in [0.1, 0.15) is 43.8 Å². The molecule has 1 amide bonds. The van der Waals surface area contributed by atoms with Crippen LogP contribution in [0.3, 0.4) is 0 Å². The molecule has 0 aliphatic carbocycles. The van der Waals surface area contributed by atoms with Gasteiger partial charge in [0.05, 0.1) is 36.8 Å². The van der Waals surface area contributed by atoms with Gasteiger partial charge in [0.2, 0.25) is 0 Å². The number of nitrogens with zero attached hydrogens (tertiary/aromatic N) is 4. The summed E-state index contributed by atoms with van der Waals surface area (Å²) in [7, 11) is -2.03. The Morgan fingerprint density at radius 1 is 0.939 bits per heavy atom. The Morgan fingerprint density at radius 2 is 1.63 bits per heavy atom. The molecule has 1 N–H and O–H groups in total. The van der Waals surface area contributed by atoms with E-state index in [9.17, 15) is 23.4 Å². The minimum Gasteiger partial charge on any atom is -0.466 e. The van der Waals surface area contributed by atoms with Crippen LogP contribution >= 0.6 is 0 Å². The lowest BCUT2D eigenvalue weighted by atomic mass is 9.93. The third-order valence-corrected chi connectivity index (χ3v) is 9.92. The molecule has 0 bridgehead atoms. The number of hydrogen-bond acceptors (Lipinski definition) is 13. The highest BCUT2D eigenvalue weighted by Crippen LogP contribution is 2.50. The molecule has 2 fully saturated rings. The van der Waals surface area contributed by atoms with Gasteiger partial charge in [0.1, 0.15) is 23.8 Å². The molecule has 4 aromatic rings. The van der Waals surface area contributed by atoms with Gasteiger partial charge in [0.25, 0.3) is 5.91 Å². The van der Waals surface area contributed by atoms with Gasteiger partial charge in [-0.15, -0.1) is 0 Å². The van der Waals surface area contributed by atoms with E-state index in [2.05, 4.69) is 20.3 Å². The Morgan fingerprint density at radius 3 is 2.31 bits per heavy atom. The highest BCUT2D eigenvalue weighted by molar-refractivity contribution is 7.86. The van der Waals surface area contributed by atoms with Crippen molar-refractivity contribution >= 4 is 51.6 Å². The first-order valence-corrected chi connectivity index (χ1v) is 16.7. The summed E-state index contributed by atoms with van der Waals surface area (Å²) in [6, 6.07) is 16.9. The molecule has 1 unspecified atom stereocenters. The van der Waals surface area contributed by atoms with Gasteiger partial charge in [0.15, 0.2) is 34.9 Å². The van der Waals surface area contributed by atoms with Gasteiger partial charge in [-0.3, -0.25) is 23.2 Å². The summed E-state index contributed by atoms with van der Waals surface area (Å²) in [5.74, 6) is -2.72. The zero-order chi connectivity index (χ0) is 34.7. The van der Waals surface area contributed by atoms with Crippen molar-refractivity contribution in [2.75, 3.05) is 18.5 Å². The maximum atomic E-state index is 14.5. The number of amides is 1. The van der Waals surface area contributed by atoms with Crippen LogP contribution in [0.4, 0.5) is 5.82 Å². The maximum Gasteiger partial charge on any atom is 0.340 e. The van der Waals surface area contributed by atoms with Crippen LogP contribution in [0, 0.1) is 0 Å². The fourth-order valence-electron chi connectivity index (χ4n) is 6.11. The fraction of sp³-hybridized carbons (Fsp3) is 0.364. The smallest absolute Gasteiger partial charge is 0.340 e. The van der Waals surface area contributed by atoms with Crippen molar-refractivity contribution in [2.45, 2.75) is 67.5 Å². The quantitative estimate of drug-likeness (QED) is 0.179. The summed E-state index contributed by atoms with van der Waals surface area (Å²) < 4.78 is 45.3. The molecule has 49 heavy (non-hydrogen) atoms. The van der Waals surface area contributed by atoms with E-state index in [4.69, 9.17) is 23.7 Å². The second-order valence-electron chi connectivity index (χ2n) is 11.1. The molecule has 0 spiro atoms. The third-order valence-electron chi connectivity index (χ3n) is 8.07. The van der Waals surface area contributed by atoms with Crippen LogP contribution in [-0.4, -0.2) is 89.9 Å². The Hall–Kier alpha value is -5.06. The number of rotatable bonds is 11. The van der Waals surface area contributed by atoms with Crippen LogP contribution in [0.2, 0.25) is 0 Å². The number of ether oxygens (including phenoxy) is 5. The molecule has 7 atom stereocenters. The predicted octanol–water partition coefficient (Wildman–Crippen LogP) is 2.74. The average molecular weight is 692 g/mol. The van der Waals surface area contributed by atoms with E-state index >= 15 is 0 Å². The molecule has 2 aliphatic rings. The van der Waals surface area contributed by atoms with E-state index in [0.717, 1.165) is 0 Å². The van der Waals surface area contributed by atoms with Gasteiger partial charge in [0, 0.05) is 17.4 Å². The van der Waals surface area contributed by atoms with Gasteiger partial charge in [-0.25, -0.2) is 19.7 Å². The summed E-state index contributed by atoms with van der Waals surface area (Å²) in [6.07, 6.45) is -2.82. The van der Waals surface area contributed by atoms with Gasteiger partial charge in [-0.05, 0) is 38.1 Å². The van der Waals surface area contributed by atoms with Gasteiger partial charge < -0.3 is 29.0 Å². The summed E-state index contributed by atoms with van der Waals surface area (Å²) in [5.41, 5.74) is -1.31. The second kappa shape index (κ2) is 14.2. The first-order chi connectivity index (χ1) is 23.7. The molecule has 16 heteroatoms. The Labute approximate surface area is 282 Å². The van der Waals surface area contributed by atoms with E-state index in [-0.39, 0.29) is 30.2 Å². The molecule has 15 nitrogen and oxygen atoms in total. The zero-order valence-corrected chi connectivity index (χ0v) is 27.5. The Kier molecular flexibility index (Phi) is 9.80. The number of carbonyl (C=O) groups is 4. The van der Waals surface area contributed by atoms with Gasteiger partial charge in [-0.1, -0.05) is 36.4 Å². The van der Waals surface area contributed by atoms with Crippen LogP contribution in [0.15, 0.2) is 78.2 Å². The lowest BCUT2D eigenvalue weighted by Gasteiger charge is -2.34. The number of nitrogens with one attached hydrogen (secondary N) is 1. The molecule has 2 aromatic carbocycles. The zero-order valence-electron chi connectivity index (χ0n) is 26.7. The van der Waals surface area contributed by atoms with E-state index in [0.29, 0.717) is 10.5 Å². The summed E-state index contributed by atoms with van der Waals surface area (Å²) in [4.78, 5) is 65.6. The summed E-state index contributed by atoms with van der Waals surface area (Å²) >= 11 is 0. The number of anilines is 1. The number of esters is 3. The van der Waals surface area contributed by atoms with E-state index in [1.54, 1.807) is 74.5 Å². The minimum absolute atomic E-state index is 0.0229. The molecular formula is C33H33N5O10S. The van der Waals surface area contributed by atoms with Crippen LogP contribution in [0.25, 0.3) is 11.2 Å². The van der Waals surface area contributed by atoms with Crippen molar-refractivity contribution in [2.24, 2.45) is 0 Å². The van der Waals surface area contributed by atoms with Crippen LogP contribution < -0.4 is 5.32 Å². The molecular weight excluding hydrogens is 658 g/mol. The molecule has 4 heterocycles. The topological polar surface area (TPSA) is 187 Å². The standard InChI is InChI=1S/C33H33N5O10S/c1-4-44-22(40)16-33(32(42)45-5-2)27(49(43)21-14-10-7-11-15-21)25-24(48-33)26(46-19(3)39)31(47-25)38-18-36-23-28(34-17-35-29(23)38)37-30(41)20-12-8-6-9-13-20/h6-15,17-18,24-27,31H,4-5,16H2,1-3H3,(H,34,35,37,41)/t24-,25-,26-,27+,31-,33-,49?/m1/s1. The molecule has 256 valence electrons. The third kappa shape index (κ3) is 6.41. The van der Waals surface area contributed by atoms with Gasteiger partial charge in [-0.2, -0.15) is 0 Å². The van der Waals surface area contributed by atoms with E-state index in [1.165, 1.54) is 24.1 Å². The van der Waals surface area contributed by atoms with E-state index in [1.807, 2.05) is 0 Å². The highest BCUT2D eigenvalue weighted by Gasteiger charge is 2.70. The average Bonchev–Trinajstić information content (AvgIpc) is 3.76. The first-order valence-electron chi connectivity index (χ1n) is 15.5. The predicted molar refractivity (Wildman–Crippen MR) is 171 cm³/mol. The van der Waals surface area contributed by atoms with Crippen molar-refractivity contribution in [3.8, 4) is 0 Å². The largest absolute Gasteiger partial charge is 0.466 e. The molecule has 0 saturated carbocycles. The molecule has 6 rings (SSSR count). The molecule has 0 radical (unpaired) electrons. The molecule has 2 saturated heterocycles. The fourth-order valence-corrected chi connectivity index (χ4v) is 7.87. The van der Waals surface area contributed by atoms with Crippen molar-refractivity contribution in [3.05, 3.63) is 78.9 Å². The van der Waals surface area contributed by atoms with Crippen molar-refractivity contribution in [1.29, 1.82) is 0 Å². The Bertz CT molecular complexity index is 1890. The first kappa shape index (κ1) is 33.8. The van der Waals surface area contributed by atoms with Crippen LogP contribution in [0.5, 0.6) is 0 Å². The summed E-state index contributed by atoms with van der Waals surface area (Å²) in [5, 5.41) is 1.42. The number of imidazole rings is 1. The number of fused-ring (bicyclic) bond motifs is 2. The SMILES string of the molecule is CCOC(=O)C[C@@]1(C(=O)OCC)O[C@H]2[C@@H](OC(C)=O)[C@H](n3cnc4c(NC(=O)c5ccccc5)ncnc43)O[C@H]2[C@@H]1S(=O)c1ccccc1. The molecule has 2 aromatic heterocycles. The van der Waals surface area contributed by atoms with Crippen molar-refractivity contribution in [1.82, 2.24) is 19.5 Å².